The number of hydrogen-bond acceptors (Lipinski definition) is 5. The Morgan fingerprint density at radius 3 is 2.56 bits per heavy atom. The number of Topliss-reactive ketones (excluding diaryl/α,β-unsaturated/α-hetero) is 1. The Morgan fingerprint density at radius 2 is 1.88 bits per heavy atom. The molecule has 3 rings (SSSR count). The summed E-state index contributed by atoms with van der Waals surface area (Å²) in [6.45, 7) is 0.610. The number of benzene rings is 2. The van der Waals surface area contributed by atoms with Crippen molar-refractivity contribution in [3.05, 3.63) is 71.1 Å². The molecule has 128 valence electrons. The van der Waals surface area contributed by atoms with Crippen LogP contribution in [0.1, 0.15) is 22.3 Å². The molecule has 0 saturated heterocycles. The zero-order valence-electron chi connectivity index (χ0n) is 13.8. The summed E-state index contributed by atoms with van der Waals surface area (Å²) < 4.78 is 0. The highest BCUT2D eigenvalue weighted by Gasteiger charge is 2.28. The normalized spacial score (nSPS) is 13.2. The molecule has 6 nitrogen and oxygen atoms in total. The first-order valence-corrected chi connectivity index (χ1v) is 7.95. The predicted molar refractivity (Wildman–Crippen MR) is 95.1 cm³/mol. The second-order valence-corrected chi connectivity index (χ2v) is 5.70. The number of ketones is 1. The maximum absolute atomic E-state index is 11.9. The van der Waals surface area contributed by atoms with Gasteiger partial charge in [0, 0.05) is 19.3 Å². The van der Waals surface area contributed by atoms with Crippen molar-refractivity contribution in [3.63, 3.8) is 0 Å². The Bertz CT molecular complexity index is 844. The molecule has 25 heavy (non-hydrogen) atoms. The van der Waals surface area contributed by atoms with Gasteiger partial charge in [0.25, 0.3) is 5.91 Å². The molecule has 0 aromatic heterocycles. The van der Waals surface area contributed by atoms with E-state index in [1.165, 1.54) is 13.1 Å². The van der Waals surface area contributed by atoms with Crippen molar-refractivity contribution in [3.8, 4) is 5.75 Å². The van der Waals surface area contributed by atoms with E-state index in [4.69, 9.17) is 0 Å². The second kappa shape index (κ2) is 7.09. The molecule has 0 radical (unpaired) electrons. The van der Waals surface area contributed by atoms with Crippen molar-refractivity contribution >= 4 is 17.4 Å². The van der Waals surface area contributed by atoms with E-state index in [0.29, 0.717) is 24.4 Å². The lowest BCUT2D eigenvalue weighted by Crippen LogP contribution is -2.32. The molecule has 0 aliphatic heterocycles. The van der Waals surface area contributed by atoms with Crippen LogP contribution >= 0.6 is 0 Å². The predicted octanol–water partition coefficient (Wildman–Crippen LogP) is 2.14. The van der Waals surface area contributed by atoms with Gasteiger partial charge in [0.15, 0.2) is 11.5 Å². The maximum Gasteiger partial charge on any atom is 0.254 e. The molecular weight excluding hydrogens is 318 g/mol. The van der Waals surface area contributed by atoms with Gasteiger partial charge in [-0.2, -0.15) is 0 Å². The van der Waals surface area contributed by atoms with Crippen LogP contribution in [0.2, 0.25) is 0 Å². The van der Waals surface area contributed by atoms with Crippen LogP contribution in [0.15, 0.2) is 59.9 Å². The molecule has 2 aromatic rings. The first kappa shape index (κ1) is 16.6. The monoisotopic (exact) mass is 337 g/mol. The molecule has 4 N–H and O–H groups in total. The Kier molecular flexibility index (Phi) is 4.70. The number of phenols is 1. The van der Waals surface area contributed by atoms with E-state index in [-0.39, 0.29) is 17.1 Å². The molecule has 0 bridgehead atoms. The molecule has 1 aliphatic carbocycles. The van der Waals surface area contributed by atoms with Crippen molar-refractivity contribution in [2.45, 2.75) is 13.0 Å². The number of hydrogen-bond donors (Lipinski definition) is 4. The third-order valence-electron chi connectivity index (χ3n) is 4.03. The summed E-state index contributed by atoms with van der Waals surface area (Å²) in [6.07, 6.45) is 0.324. The smallest absolute Gasteiger partial charge is 0.254 e. The second-order valence-electron chi connectivity index (χ2n) is 5.70. The number of phenolic OH excluding ortho intramolecular Hbond substituents is 1. The molecule has 0 heterocycles. The SMILES string of the molecule is CNC(=O)c1cccc(NC2=C(NCc3ccccc3)CC2=O)c1O. The van der Waals surface area contributed by atoms with E-state index in [0.717, 1.165) is 11.3 Å². The summed E-state index contributed by atoms with van der Waals surface area (Å²) in [7, 11) is 1.49. The summed E-state index contributed by atoms with van der Waals surface area (Å²) in [6, 6.07) is 14.6. The van der Waals surface area contributed by atoms with E-state index >= 15 is 0 Å². The molecule has 2 aromatic carbocycles. The fraction of sp³-hybridized carbons (Fsp3) is 0.158. The van der Waals surface area contributed by atoms with E-state index in [2.05, 4.69) is 16.0 Å². The van der Waals surface area contributed by atoms with Gasteiger partial charge in [-0.25, -0.2) is 0 Å². The summed E-state index contributed by atoms with van der Waals surface area (Å²) >= 11 is 0. The van der Waals surface area contributed by atoms with Gasteiger partial charge in [-0.1, -0.05) is 36.4 Å². The zero-order chi connectivity index (χ0) is 17.8. The minimum Gasteiger partial charge on any atom is -0.505 e. The molecule has 0 spiro atoms. The molecule has 1 aliphatic rings. The van der Waals surface area contributed by atoms with E-state index in [1.807, 2.05) is 30.3 Å². The van der Waals surface area contributed by atoms with E-state index in [9.17, 15) is 14.7 Å². The van der Waals surface area contributed by atoms with Crippen LogP contribution < -0.4 is 16.0 Å². The molecule has 0 fully saturated rings. The first-order valence-electron chi connectivity index (χ1n) is 7.95. The number of anilines is 1. The number of para-hydroxylation sites is 1. The van der Waals surface area contributed by atoms with Crippen molar-refractivity contribution in [2.24, 2.45) is 0 Å². The van der Waals surface area contributed by atoms with Gasteiger partial charge in [0.2, 0.25) is 0 Å². The lowest BCUT2D eigenvalue weighted by Gasteiger charge is -2.25. The number of carbonyl (C=O) groups is 2. The number of amides is 1. The van der Waals surface area contributed by atoms with Gasteiger partial charge >= 0.3 is 0 Å². The lowest BCUT2D eigenvalue weighted by atomic mass is 9.98. The minimum atomic E-state index is -0.391. The van der Waals surface area contributed by atoms with Crippen molar-refractivity contribution in [1.82, 2.24) is 10.6 Å². The van der Waals surface area contributed by atoms with Crippen LogP contribution in [0.3, 0.4) is 0 Å². The minimum absolute atomic E-state index is 0.0414. The molecule has 1 amide bonds. The fourth-order valence-corrected chi connectivity index (χ4v) is 2.60. The lowest BCUT2D eigenvalue weighted by molar-refractivity contribution is -0.116. The quantitative estimate of drug-likeness (QED) is 0.606. The molecule has 0 saturated carbocycles. The Labute approximate surface area is 145 Å². The summed E-state index contributed by atoms with van der Waals surface area (Å²) in [5.41, 5.74) is 2.79. The number of allylic oxidation sites excluding steroid dienone is 2. The van der Waals surface area contributed by atoms with Crippen LogP contribution in [0, 0.1) is 0 Å². The van der Waals surface area contributed by atoms with Crippen LogP contribution in [0.4, 0.5) is 5.69 Å². The van der Waals surface area contributed by atoms with E-state index in [1.54, 1.807) is 12.1 Å². The van der Waals surface area contributed by atoms with Crippen molar-refractivity contribution in [1.29, 1.82) is 0 Å². The highest BCUT2D eigenvalue weighted by Crippen LogP contribution is 2.32. The Morgan fingerprint density at radius 1 is 1.12 bits per heavy atom. The Balaban J connectivity index is 1.77. The summed E-state index contributed by atoms with van der Waals surface area (Å²) in [5.74, 6) is -0.616. The first-order chi connectivity index (χ1) is 12.1. The molecule has 0 atom stereocenters. The zero-order valence-corrected chi connectivity index (χ0v) is 13.8. The Hall–Kier alpha value is -3.28. The number of nitrogens with one attached hydrogen (secondary N) is 3. The van der Waals surface area contributed by atoms with Crippen molar-refractivity contribution in [2.75, 3.05) is 12.4 Å². The third-order valence-corrected chi connectivity index (χ3v) is 4.03. The van der Waals surface area contributed by atoms with Crippen LogP contribution in [0.25, 0.3) is 0 Å². The summed E-state index contributed by atoms with van der Waals surface area (Å²) in [4.78, 5) is 23.7. The topological polar surface area (TPSA) is 90.5 Å². The maximum atomic E-state index is 11.9. The van der Waals surface area contributed by atoms with E-state index < -0.39 is 5.91 Å². The number of aromatic hydroxyl groups is 1. The van der Waals surface area contributed by atoms with Crippen molar-refractivity contribution < 1.29 is 14.7 Å². The number of rotatable bonds is 6. The average molecular weight is 337 g/mol. The van der Waals surface area contributed by atoms with Gasteiger partial charge in [0.05, 0.1) is 17.7 Å². The van der Waals surface area contributed by atoms with Crippen LogP contribution in [-0.4, -0.2) is 23.8 Å². The largest absolute Gasteiger partial charge is 0.505 e. The van der Waals surface area contributed by atoms with Gasteiger partial charge in [-0.05, 0) is 17.7 Å². The highest BCUT2D eigenvalue weighted by molar-refractivity contribution is 6.07. The van der Waals surface area contributed by atoms with Gasteiger partial charge in [0.1, 0.15) is 5.70 Å². The van der Waals surface area contributed by atoms with Crippen LogP contribution in [0.5, 0.6) is 5.75 Å². The molecule has 0 unspecified atom stereocenters. The highest BCUT2D eigenvalue weighted by atomic mass is 16.3. The third kappa shape index (κ3) is 3.47. The van der Waals surface area contributed by atoms with Crippen LogP contribution in [-0.2, 0) is 11.3 Å². The van der Waals surface area contributed by atoms with Gasteiger partial charge < -0.3 is 21.1 Å². The van der Waals surface area contributed by atoms with Gasteiger partial charge in [-0.15, -0.1) is 0 Å². The van der Waals surface area contributed by atoms with Gasteiger partial charge in [-0.3, -0.25) is 9.59 Å². The number of carbonyl (C=O) groups excluding carboxylic acids is 2. The standard InChI is InChI=1S/C19H19N3O3/c1-20-19(25)13-8-5-9-14(18(13)24)22-17-15(10-16(17)23)21-11-12-6-3-2-4-7-12/h2-9,21-22,24H,10-11H2,1H3,(H,20,25). The fourth-order valence-electron chi connectivity index (χ4n) is 2.60. The summed E-state index contributed by atoms with van der Waals surface area (Å²) in [5, 5.41) is 18.9. The molecule has 6 heteroatoms. The average Bonchev–Trinajstić information content (AvgIpc) is 2.64. The molecular formula is C19H19N3O3.